The number of fused-ring (bicyclic) bond motifs is 1. The average Bonchev–Trinajstić information content (AvgIpc) is 3.02. The van der Waals surface area contributed by atoms with Crippen molar-refractivity contribution in [2.24, 2.45) is 0 Å². The number of nitrogens with zero attached hydrogens (tertiary/aromatic N) is 2. The first-order valence-electron chi connectivity index (χ1n) is 8.76. The predicted molar refractivity (Wildman–Crippen MR) is 114 cm³/mol. The number of rotatable bonds is 5. The van der Waals surface area contributed by atoms with Crippen LogP contribution in [0, 0.1) is 0 Å². The Bertz CT molecular complexity index is 964. The highest BCUT2D eigenvalue weighted by Gasteiger charge is 2.20. The standard InChI is InChI=1S/C20H24ClN3O2S/c1-11(2)22-19-24-14(10-27-19)13-9-16(26-20(3,4)5)12-7-8-15(25-6)17(21)18(12)23-13/h7-11H,1-6H3,(H,22,24). The number of methoxy groups -OCH3 is 1. The number of anilines is 1. The molecule has 144 valence electrons. The van der Waals surface area contributed by atoms with E-state index in [1.54, 1.807) is 18.4 Å². The molecular weight excluding hydrogens is 382 g/mol. The Labute approximate surface area is 168 Å². The lowest BCUT2D eigenvalue weighted by Crippen LogP contribution is -2.23. The third-order valence-electron chi connectivity index (χ3n) is 3.66. The second kappa shape index (κ2) is 7.52. The monoisotopic (exact) mass is 405 g/mol. The molecule has 2 aromatic heterocycles. The summed E-state index contributed by atoms with van der Waals surface area (Å²) in [6.45, 7) is 10.2. The van der Waals surface area contributed by atoms with Gasteiger partial charge in [0.2, 0.25) is 0 Å². The van der Waals surface area contributed by atoms with Crippen molar-refractivity contribution in [1.82, 2.24) is 9.97 Å². The van der Waals surface area contributed by atoms with Crippen molar-refractivity contribution in [3.8, 4) is 22.9 Å². The van der Waals surface area contributed by atoms with E-state index in [1.165, 1.54) is 0 Å². The number of nitrogens with one attached hydrogen (secondary N) is 1. The Hall–Kier alpha value is -2.05. The molecule has 0 atom stereocenters. The van der Waals surface area contributed by atoms with Crippen LogP contribution in [-0.4, -0.2) is 28.7 Å². The van der Waals surface area contributed by atoms with Gasteiger partial charge in [-0.1, -0.05) is 11.6 Å². The largest absolute Gasteiger partial charge is 0.495 e. The lowest BCUT2D eigenvalue weighted by atomic mass is 10.1. The number of thiazole rings is 1. The van der Waals surface area contributed by atoms with Crippen molar-refractivity contribution in [2.45, 2.75) is 46.3 Å². The van der Waals surface area contributed by atoms with E-state index in [0.717, 1.165) is 22.0 Å². The Balaban J connectivity index is 2.17. The molecule has 0 saturated heterocycles. The molecule has 0 fully saturated rings. The van der Waals surface area contributed by atoms with Gasteiger partial charge in [-0.25, -0.2) is 9.97 Å². The van der Waals surface area contributed by atoms with E-state index in [9.17, 15) is 0 Å². The number of pyridine rings is 1. The molecule has 3 rings (SSSR count). The highest BCUT2D eigenvalue weighted by atomic mass is 35.5. The summed E-state index contributed by atoms with van der Waals surface area (Å²) in [6.07, 6.45) is 0. The summed E-state index contributed by atoms with van der Waals surface area (Å²) in [4.78, 5) is 9.41. The molecule has 0 saturated carbocycles. The summed E-state index contributed by atoms with van der Waals surface area (Å²) in [6, 6.07) is 5.98. The second-order valence-corrected chi connectivity index (χ2v) is 8.77. The molecule has 3 aromatic rings. The van der Waals surface area contributed by atoms with Gasteiger partial charge in [0.05, 0.1) is 18.3 Å². The quantitative estimate of drug-likeness (QED) is 0.562. The van der Waals surface area contributed by atoms with E-state index in [4.69, 9.17) is 26.1 Å². The van der Waals surface area contributed by atoms with Crippen molar-refractivity contribution in [3.05, 3.63) is 28.6 Å². The molecule has 0 aliphatic carbocycles. The van der Waals surface area contributed by atoms with E-state index in [1.807, 2.05) is 44.4 Å². The van der Waals surface area contributed by atoms with E-state index in [2.05, 4.69) is 24.1 Å². The van der Waals surface area contributed by atoms with Crippen LogP contribution in [0.5, 0.6) is 11.5 Å². The number of benzene rings is 1. The van der Waals surface area contributed by atoms with E-state index < -0.39 is 0 Å². The number of halogens is 1. The average molecular weight is 406 g/mol. The molecule has 27 heavy (non-hydrogen) atoms. The zero-order chi connectivity index (χ0) is 19.8. The molecular formula is C20H24ClN3O2S. The second-order valence-electron chi connectivity index (χ2n) is 7.53. The van der Waals surface area contributed by atoms with Crippen LogP contribution in [0.25, 0.3) is 22.3 Å². The summed E-state index contributed by atoms with van der Waals surface area (Å²) < 4.78 is 11.5. The minimum Gasteiger partial charge on any atom is -0.495 e. The lowest BCUT2D eigenvalue weighted by Gasteiger charge is -2.23. The van der Waals surface area contributed by atoms with Gasteiger partial charge in [-0.3, -0.25) is 0 Å². The van der Waals surface area contributed by atoms with Crippen LogP contribution in [-0.2, 0) is 0 Å². The summed E-state index contributed by atoms with van der Waals surface area (Å²) >= 11 is 8.09. The van der Waals surface area contributed by atoms with Gasteiger partial charge in [-0.05, 0) is 46.8 Å². The van der Waals surface area contributed by atoms with E-state index in [-0.39, 0.29) is 5.60 Å². The fourth-order valence-electron chi connectivity index (χ4n) is 2.62. The van der Waals surface area contributed by atoms with Crippen molar-refractivity contribution >= 4 is 39.0 Å². The lowest BCUT2D eigenvalue weighted by molar-refractivity contribution is 0.133. The van der Waals surface area contributed by atoms with Crippen LogP contribution in [0.1, 0.15) is 34.6 Å². The van der Waals surface area contributed by atoms with Crippen LogP contribution in [0.15, 0.2) is 23.6 Å². The molecule has 7 heteroatoms. The number of hydrogen-bond acceptors (Lipinski definition) is 6. The molecule has 1 aromatic carbocycles. The molecule has 0 amide bonds. The first kappa shape index (κ1) is 19.7. The Morgan fingerprint density at radius 3 is 2.48 bits per heavy atom. The molecule has 5 nitrogen and oxygen atoms in total. The van der Waals surface area contributed by atoms with Crippen molar-refractivity contribution in [3.63, 3.8) is 0 Å². The zero-order valence-corrected chi connectivity index (χ0v) is 18.0. The number of hydrogen-bond donors (Lipinski definition) is 1. The van der Waals surface area contributed by atoms with Gasteiger partial charge < -0.3 is 14.8 Å². The normalized spacial score (nSPS) is 11.9. The smallest absolute Gasteiger partial charge is 0.183 e. The fourth-order valence-corrected chi connectivity index (χ4v) is 3.75. The molecule has 0 aliphatic heterocycles. The van der Waals surface area contributed by atoms with Crippen molar-refractivity contribution in [2.75, 3.05) is 12.4 Å². The third kappa shape index (κ3) is 4.45. The number of ether oxygens (including phenoxy) is 2. The molecule has 0 spiro atoms. The van der Waals surface area contributed by atoms with E-state index >= 15 is 0 Å². The predicted octanol–water partition coefficient (Wildman–Crippen LogP) is 6.02. The topological polar surface area (TPSA) is 56.3 Å². The minimum atomic E-state index is -0.357. The Kier molecular flexibility index (Phi) is 5.49. The van der Waals surface area contributed by atoms with Gasteiger partial charge in [0.1, 0.15) is 27.8 Å². The fraction of sp³-hybridized carbons (Fsp3) is 0.400. The van der Waals surface area contributed by atoms with Crippen molar-refractivity contribution < 1.29 is 9.47 Å². The highest BCUT2D eigenvalue weighted by Crippen LogP contribution is 2.39. The maximum atomic E-state index is 6.55. The van der Waals surface area contributed by atoms with Crippen molar-refractivity contribution in [1.29, 1.82) is 0 Å². The molecule has 1 N–H and O–H groups in total. The zero-order valence-electron chi connectivity index (χ0n) is 16.4. The molecule has 0 unspecified atom stereocenters. The number of aromatic nitrogens is 2. The van der Waals surface area contributed by atoms with Gasteiger partial charge in [-0.2, -0.15) is 0 Å². The maximum absolute atomic E-state index is 6.55. The first-order valence-corrected chi connectivity index (χ1v) is 10.0. The summed E-state index contributed by atoms with van der Waals surface area (Å²) in [5, 5.41) is 7.46. The van der Waals surface area contributed by atoms with Gasteiger partial charge in [0.15, 0.2) is 5.13 Å². The van der Waals surface area contributed by atoms with Gasteiger partial charge >= 0.3 is 0 Å². The van der Waals surface area contributed by atoms with Crippen LogP contribution in [0.2, 0.25) is 5.02 Å². The van der Waals surface area contributed by atoms with Gasteiger partial charge in [0.25, 0.3) is 0 Å². The molecule has 0 bridgehead atoms. The highest BCUT2D eigenvalue weighted by molar-refractivity contribution is 7.14. The van der Waals surface area contributed by atoms with Crippen LogP contribution in [0.3, 0.4) is 0 Å². The van der Waals surface area contributed by atoms with Crippen LogP contribution >= 0.6 is 22.9 Å². The minimum absolute atomic E-state index is 0.312. The Morgan fingerprint density at radius 1 is 1.11 bits per heavy atom. The SMILES string of the molecule is COc1ccc2c(OC(C)(C)C)cc(-c3csc(NC(C)C)n3)nc2c1Cl. The molecule has 0 radical (unpaired) electrons. The Morgan fingerprint density at radius 2 is 1.85 bits per heavy atom. The van der Waals surface area contributed by atoms with Gasteiger partial charge in [0, 0.05) is 22.9 Å². The molecule has 2 heterocycles. The third-order valence-corrected chi connectivity index (χ3v) is 4.80. The van der Waals surface area contributed by atoms with E-state index in [0.29, 0.717) is 28.0 Å². The van der Waals surface area contributed by atoms with Gasteiger partial charge in [-0.15, -0.1) is 11.3 Å². The first-order chi connectivity index (χ1) is 12.7. The molecule has 0 aliphatic rings. The maximum Gasteiger partial charge on any atom is 0.183 e. The van der Waals surface area contributed by atoms with Crippen LogP contribution in [0.4, 0.5) is 5.13 Å². The summed E-state index contributed by atoms with van der Waals surface area (Å²) in [7, 11) is 1.59. The summed E-state index contributed by atoms with van der Waals surface area (Å²) in [5.74, 6) is 1.30. The summed E-state index contributed by atoms with van der Waals surface area (Å²) in [5.41, 5.74) is 1.77. The van der Waals surface area contributed by atoms with Crippen LogP contribution < -0.4 is 14.8 Å².